The maximum Gasteiger partial charge on any atom is 0.0643 e. The van der Waals surface area contributed by atoms with Crippen molar-refractivity contribution in [1.29, 1.82) is 0 Å². The van der Waals surface area contributed by atoms with E-state index in [0.717, 1.165) is 23.5 Å². The van der Waals surface area contributed by atoms with Crippen LogP contribution < -0.4 is 0 Å². The topological polar surface area (TPSA) is 9.23 Å². The van der Waals surface area contributed by atoms with E-state index in [1.165, 1.54) is 0 Å². The van der Waals surface area contributed by atoms with Gasteiger partial charge in [-0.1, -0.05) is 6.08 Å². The standard InChI is InChI=1S/C5H12OSi/c1-2-6-4-3-5-7/h3,5H,2,4H2,1,7H3. The van der Waals surface area contributed by atoms with E-state index >= 15 is 0 Å². The minimum Gasteiger partial charge on any atom is -0.378 e. The van der Waals surface area contributed by atoms with Crippen LogP contribution in [-0.4, -0.2) is 23.5 Å². The van der Waals surface area contributed by atoms with E-state index in [2.05, 4.69) is 11.8 Å². The molecule has 0 rings (SSSR count). The van der Waals surface area contributed by atoms with Crippen LogP contribution in [0.2, 0.25) is 0 Å². The van der Waals surface area contributed by atoms with Gasteiger partial charge in [-0.2, -0.15) is 0 Å². The molecule has 0 spiro atoms. The van der Waals surface area contributed by atoms with Crippen LogP contribution in [0, 0.1) is 0 Å². The minimum atomic E-state index is 0.792. The molecule has 0 aromatic rings. The Morgan fingerprint density at radius 1 is 1.71 bits per heavy atom. The molecule has 0 bridgehead atoms. The SMILES string of the molecule is CCOCC=C[SiH3]. The van der Waals surface area contributed by atoms with Gasteiger partial charge in [-0.25, -0.2) is 0 Å². The van der Waals surface area contributed by atoms with Gasteiger partial charge in [0.25, 0.3) is 0 Å². The Balaban J connectivity index is 2.69. The summed E-state index contributed by atoms with van der Waals surface area (Å²) >= 11 is 0. The summed E-state index contributed by atoms with van der Waals surface area (Å²) in [5.74, 6) is 0. The summed E-state index contributed by atoms with van der Waals surface area (Å²) in [4.78, 5) is 0. The smallest absolute Gasteiger partial charge is 0.0643 e. The van der Waals surface area contributed by atoms with Crippen molar-refractivity contribution in [2.75, 3.05) is 13.2 Å². The van der Waals surface area contributed by atoms with Crippen LogP contribution in [0.3, 0.4) is 0 Å². The zero-order valence-corrected chi connectivity index (χ0v) is 6.98. The van der Waals surface area contributed by atoms with Gasteiger partial charge in [0.15, 0.2) is 0 Å². The van der Waals surface area contributed by atoms with Crippen LogP contribution in [-0.2, 0) is 4.74 Å². The van der Waals surface area contributed by atoms with E-state index in [-0.39, 0.29) is 0 Å². The third kappa shape index (κ3) is 5.92. The van der Waals surface area contributed by atoms with Crippen molar-refractivity contribution in [1.82, 2.24) is 0 Å². The molecule has 42 valence electrons. The molecule has 0 saturated carbocycles. The van der Waals surface area contributed by atoms with E-state index < -0.39 is 0 Å². The van der Waals surface area contributed by atoms with Gasteiger partial charge in [0.2, 0.25) is 0 Å². The van der Waals surface area contributed by atoms with Gasteiger partial charge in [-0.3, -0.25) is 0 Å². The summed E-state index contributed by atoms with van der Waals surface area (Å²) in [5, 5.41) is 0. The van der Waals surface area contributed by atoms with Crippen molar-refractivity contribution in [3.63, 3.8) is 0 Å². The maximum atomic E-state index is 5.01. The van der Waals surface area contributed by atoms with Gasteiger partial charge in [-0.15, -0.1) is 5.70 Å². The normalized spacial score (nSPS) is 11.0. The van der Waals surface area contributed by atoms with E-state index in [0.29, 0.717) is 0 Å². The van der Waals surface area contributed by atoms with Crippen LogP contribution in [0.5, 0.6) is 0 Å². The van der Waals surface area contributed by atoms with Gasteiger partial charge in [0.1, 0.15) is 0 Å². The Morgan fingerprint density at radius 2 is 2.43 bits per heavy atom. The first-order chi connectivity index (χ1) is 3.41. The lowest BCUT2D eigenvalue weighted by molar-refractivity contribution is 0.177. The first-order valence-electron chi connectivity index (χ1n) is 2.60. The number of ether oxygens (including phenoxy) is 1. The summed E-state index contributed by atoms with van der Waals surface area (Å²) in [6.07, 6.45) is 2.05. The fraction of sp³-hybridized carbons (Fsp3) is 0.600. The molecule has 0 aliphatic carbocycles. The lowest BCUT2D eigenvalue weighted by Crippen LogP contribution is -1.87. The molecule has 0 heterocycles. The second kappa shape index (κ2) is 5.92. The van der Waals surface area contributed by atoms with Gasteiger partial charge >= 0.3 is 0 Å². The number of rotatable bonds is 3. The van der Waals surface area contributed by atoms with E-state index in [1.807, 2.05) is 6.92 Å². The van der Waals surface area contributed by atoms with Crippen molar-refractivity contribution >= 4 is 10.2 Å². The average molecular weight is 116 g/mol. The predicted molar refractivity (Wildman–Crippen MR) is 35.6 cm³/mol. The van der Waals surface area contributed by atoms with Crippen molar-refractivity contribution < 1.29 is 4.74 Å². The zero-order chi connectivity index (χ0) is 5.54. The summed E-state index contributed by atoms with van der Waals surface area (Å²) < 4.78 is 5.01. The third-order valence-electron chi connectivity index (χ3n) is 0.654. The number of hydrogen-bond donors (Lipinski definition) is 0. The first-order valence-corrected chi connectivity index (χ1v) is 3.76. The second-order valence-electron chi connectivity index (χ2n) is 1.23. The Morgan fingerprint density at radius 3 is 2.86 bits per heavy atom. The molecule has 1 nitrogen and oxygen atoms in total. The van der Waals surface area contributed by atoms with Crippen LogP contribution in [0.25, 0.3) is 0 Å². The van der Waals surface area contributed by atoms with Gasteiger partial charge in [0.05, 0.1) is 6.61 Å². The second-order valence-corrected chi connectivity index (χ2v) is 1.90. The molecule has 0 aromatic carbocycles. The average Bonchev–Trinajstić information content (AvgIpc) is 1.69. The summed E-state index contributed by atoms with van der Waals surface area (Å²) in [6.45, 7) is 3.62. The van der Waals surface area contributed by atoms with E-state index in [9.17, 15) is 0 Å². The lowest BCUT2D eigenvalue weighted by Gasteiger charge is -1.89. The highest BCUT2D eigenvalue weighted by molar-refractivity contribution is 6.16. The quantitative estimate of drug-likeness (QED) is 0.370. The minimum absolute atomic E-state index is 0.792. The van der Waals surface area contributed by atoms with Crippen LogP contribution in [0.15, 0.2) is 11.8 Å². The molecule has 0 atom stereocenters. The molecular weight excluding hydrogens is 104 g/mol. The van der Waals surface area contributed by atoms with E-state index in [1.54, 1.807) is 0 Å². The van der Waals surface area contributed by atoms with E-state index in [4.69, 9.17) is 4.74 Å². The maximum absolute atomic E-state index is 5.01. The highest BCUT2D eigenvalue weighted by Crippen LogP contribution is 1.72. The first kappa shape index (κ1) is 6.92. The lowest BCUT2D eigenvalue weighted by atomic mass is 10.7. The Bertz CT molecular complexity index is 52.0. The molecule has 7 heavy (non-hydrogen) atoms. The van der Waals surface area contributed by atoms with Gasteiger partial charge in [0, 0.05) is 16.8 Å². The fourth-order valence-corrected chi connectivity index (χ4v) is 0.475. The van der Waals surface area contributed by atoms with Gasteiger partial charge < -0.3 is 4.74 Å². The highest BCUT2D eigenvalue weighted by Gasteiger charge is 1.69. The van der Waals surface area contributed by atoms with Crippen LogP contribution in [0.4, 0.5) is 0 Å². The van der Waals surface area contributed by atoms with Crippen molar-refractivity contribution in [3.05, 3.63) is 11.8 Å². The molecule has 0 aliphatic heterocycles. The molecule has 2 heteroatoms. The molecular formula is C5H12OSi. The summed E-state index contributed by atoms with van der Waals surface area (Å²) in [6, 6.07) is 0. The molecule has 0 N–H and O–H groups in total. The molecule has 0 aromatic heterocycles. The van der Waals surface area contributed by atoms with Crippen molar-refractivity contribution in [3.8, 4) is 0 Å². The molecule has 0 amide bonds. The Hall–Kier alpha value is -0.0831. The molecule has 0 fully saturated rings. The number of hydrogen-bond acceptors (Lipinski definition) is 1. The molecule has 0 radical (unpaired) electrons. The van der Waals surface area contributed by atoms with Crippen molar-refractivity contribution in [2.45, 2.75) is 6.92 Å². The molecule has 0 aliphatic rings. The predicted octanol–water partition coefficient (Wildman–Crippen LogP) is -0.0980. The van der Waals surface area contributed by atoms with Gasteiger partial charge in [-0.05, 0) is 6.92 Å². The van der Waals surface area contributed by atoms with Crippen LogP contribution >= 0.6 is 0 Å². The molecule has 0 unspecified atom stereocenters. The summed E-state index contributed by atoms with van der Waals surface area (Å²) in [7, 11) is 1.15. The molecule has 0 saturated heterocycles. The fourth-order valence-electron chi connectivity index (χ4n) is 0.282. The summed E-state index contributed by atoms with van der Waals surface area (Å²) in [5.41, 5.74) is 2.12. The third-order valence-corrected chi connectivity index (χ3v) is 1.13. The van der Waals surface area contributed by atoms with Crippen LogP contribution in [0.1, 0.15) is 6.92 Å². The monoisotopic (exact) mass is 116 g/mol. The zero-order valence-electron chi connectivity index (χ0n) is 4.98. The highest BCUT2D eigenvalue weighted by atomic mass is 28.1. The largest absolute Gasteiger partial charge is 0.378 e. The van der Waals surface area contributed by atoms with Crippen molar-refractivity contribution in [2.24, 2.45) is 0 Å². The Kier molecular flexibility index (Phi) is 5.85. The Labute approximate surface area is 47.8 Å².